The predicted molar refractivity (Wildman–Crippen MR) is 45.7 cm³/mol. The maximum Gasteiger partial charge on any atom is 0.425 e. The highest BCUT2D eigenvalue weighted by molar-refractivity contribution is 6.48. The van der Waals surface area contributed by atoms with Gasteiger partial charge < -0.3 is 0 Å². The van der Waals surface area contributed by atoms with Crippen molar-refractivity contribution in [1.82, 2.24) is 0 Å². The number of halogens is 10. The molecule has 0 aliphatic heterocycles. The van der Waals surface area contributed by atoms with Crippen molar-refractivity contribution >= 4 is 23.2 Å². The molecule has 0 radical (unpaired) electrons. The lowest BCUT2D eigenvalue weighted by Gasteiger charge is -2.24. The summed E-state index contributed by atoms with van der Waals surface area (Å²) in [6.45, 7) is 0. The average Bonchev–Trinajstić information content (AvgIpc) is 2.22. The van der Waals surface area contributed by atoms with Crippen molar-refractivity contribution in [1.29, 1.82) is 0 Å². The lowest BCUT2D eigenvalue weighted by atomic mass is 10.1. The van der Waals surface area contributed by atoms with E-state index >= 15 is 0 Å². The van der Waals surface area contributed by atoms with Gasteiger partial charge in [-0.25, -0.2) is 22.0 Å². The van der Waals surface area contributed by atoms with E-state index in [1.54, 1.807) is 0 Å². The number of hydrogen-bond acceptors (Lipinski definition) is 0. The molecule has 0 fully saturated rings. The van der Waals surface area contributed by atoms with E-state index in [-0.39, 0.29) is 0 Å². The molecule has 1 aromatic rings. The van der Waals surface area contributed by atoms with E-state index in [0.29, 0.717) is 0 Å². The molecule has 10 heteroatoms. The Labute approximate surface area is 104 Å². The average molecular weight is 319 g/mol. The van der Waals surface area contributed by atoms with E-state index < -0.39 is 45.2 Å². The summed E-state index contributed by atoms with van der Waals surface area (Å²) in [6, 6.07) is 0. The Bertz CT molecular complexity index is 464. The highest BCUT2D eigenvalue weighted by Gasteiger charge is 2.58. The second-order valence-electron chi connectivity index (χ2n) is 3.02. The van der Waals surface area contributed by atoms with E-state index in [9.17, 15) is 35.1 Å². The first-order valence-corrected chi connectivity index (χ1v) is 4.65. The first kappa shape index (κ1) is 15.3. The predicted octanol–water partition coefficient (Wildman–Crippen LogP) is 4.57. The Hall–Kier alpha value is -0.760. The quantitative estimate of drug-likeness (QED) is 0.308. The molecule has 0 amide bonds. The van der Waals surface area contributed by atoms with E-state index in [2.05, 4.69) is 23.2 Å². The fraction of sp³-hybridized carbons (Fsp3) is 0.250. The Morgan fingerprint density at radius 2 is 0.889 bits per heavy atom. The molecule has 0 saturated heterocycles. The lowest BCUT2D eigenvalue weighted by molar-refractivity contribution is -0.144. The van der Waals surface area contributed by atoms with Crippen molar-refractivity contribution in [2.24, 2.45) is 0 Å². The third kappa shape index (κ3) is 2.11. The van der Waals surface area contributed by atoms with Crippen molar-refractivity contribution in [2.45, 2.75) is 10.5 Å². The largest absolute Gasteiger partial charge is 0.425 e. The van der Waals surface area contributed by atoms with Gasteiger partial charge >= 0.3 is 6.18 Å². The summed E-state index contributed by atoms with van der Waals surface area (Å²) < 4.78 is 96.7. The van der Waals surface area contributed by atoms with Crippen molar-refractivity contribution in [2.75, 3.05) is 0 Å². The molecule has 0 aromatic heterocycles. The van der Waals surface area contributed by atoms with Gasteiger partial charge in [-0.3, -0.25) is 0 Å². The first-order chi connectivity index (χ1) is 7.93. The van der Waals surface area contributed by atoms with Crippen molar-refractivity contribution in [3.63, 3.8) is 0 Å². The van der Waals surface area contributed by atoms with Crippen LogP contribution >= 0.6 is 23.2 Å². The molecule has 0 unspecified atom stereocenters. The van der Waals surface area contributed by atoms with Crippen molar-refractivity contribution < 1.29 is 35.1 Å². The molecule has 0 nitrogen and oxygen atoms in total. The summed E-state index contributed by atoms with van der Waals surface area (Å²) in [6.07, 6.45) is -5.64. The van der Waals surface area contributed by atoms with Gasteiger partial charge in [-0.05, 0) is 0 Å². The van der Waals surface area contributed by atoms with Crippen LogP contribution in [-0.4, -0.2) is 6.18 Å². The van der Waals surface area contributed by atoms with Crippen LogP contribution in [0.25, 0.3) is 0 Å². The molecule has 18 heavy (non-hydrogen) atoms. The summed E-state index contributed by atoms with van der Waals surface area (Å²) in [4.78, 5) is 0. The molecule has 0 N–H and O–H groups in total. The van der Waals surface area contributed by atoms with E-state index in [4.69, 9.17) is 0 Å². The van der Waals surface area contributed by atoms with Crippen LogP contribution in [0.1, 0.15) is 5.56 Å². The Morgan fingerprint density at radius 3 is 1.17 bits per heavy atom. The zero-order valence-corrected chi connectivity index (χ0v) is 9.29. The molecule has 0 aliphatic rings. The molecule has 0 heterocycles. The first-order valence-electron chi connectivity index (χ1n) is 3.89. The van der Waals surface area contributed by atoms with Crippen LogP contribution in [0.5, 0.6) is 0 Å². The molecule has 0 aliphatic carbocycles. The van der Waals surface area contributed by atoms with E-state index in [1.165, 1.54) is 0 Å². The molecule has 0 saturated carbocycles. The van der Waals surface area contributed by atoms with Gasteiger partial charge in [-0.2, -0.15) is 13.2 Å². The van der Waals surface area contributed by atoms with Crippen molar-refractivity contribution in [3.05, 3.63) is 34.6 Å². The monoisotopic (exact) mass is 318 g/mol. The van der Waals surface area contributed by atoms with Gasteiger partial charge in [0.1, 0.15) is 0 Å². The van der Waals surface area contributed by atoms with Crippen LogP contribution in [0.4, 0.5) is 35.1 Å². The second kappa shape index (κ2) is 4.41. The van der Waals surface area contributed by atoms with Crippen LogP contribution in [0.3, 0.4) is 0 Å². The van der Waals surface area contributed by atoms with Gasteiger partial charge in [-0.15, -0.1) is 0 Å². The van der Waals surface area contributed by atoms with E-state index in [1.807, 2.05) is 0 Å². The van der Waals surface area contributed by atoms with Gasteiger partial charge in [0.2, 0.25) is 10.2 Å². The Balaban J connectivity index is 3.72. The number of hydrogen-bond donors (Lipinski definition) is 0. The number of rotatable bonds is 1. The van der Waals surface area contributed by atoms with E-state index in [0.717, 1.165) is 0 Å². The molecular weight excluding hydrogens is 319 g/mol. The zero-order valence-electron chi connectivity index (χ0n) is 7.78. The number of alkyl halides is 5. The third-order valence-corrected chi connectivity index (χ3v) is 2.69. The molecule has 1 aromatic carbocycles. The maximum absolute atomic E-state index is 13.0. The summed E-state index contributed by atoms with van der Waals surface area (Å²) in [5, 5.41) is 0. The summed E-state index contributed by atoms with van der Waals surface area (Å²) in [5.41, 5.74) is -2.37. The summed E-state index contributed by atoms with van der Waals surface area (Å²) in [7, 11) is 0. The normalized spacial score (nSPS) is 13.0. The third-order valence-electron chi connectivity index (χ3n) is 1.88. The topological polar surface area (TPSA) is 0 Å². The van der Waals surface area contributed by atoms with Gasteiger partial charge in [0.15, 0.2) is 23.3 Å². The summed E-state index contributed by atoms with van der Waals surface area (Å²) in [5.74, 6) is -13.2. The molecular formula is C8Cl2F8. The number of benzene rings is 1. The van der Waals surface area contributed by atoms with Crippen molar-refractivity contribution in [3.8, 4) is 0 Å². The molecule has 0 spiro atoms. The minimum Gasteiger partial charge on any atom is -0.203 e. The van der Waals surface area contributed by atoms with Crippen LogP contribution in [-0.2, 0) is 4.33 Å². The Kier molecular flexibility index (Phi) is 3.75. The van der Waals surface area contributed by atoms with Gasteiger partial charge in [0.25, 0.3) is 0 Å². The van der Waals surface area contributed by atoms with Crippen LogP contribution < -0.4 is 0 Å². The molecule has 102 valence electrons. The Morgan fingerprint density at radius 1 is 0.611 bits per heavy atom. The van der Waals surface area contributed by atoms with Gasteiger partial charge in [-0.1, -0.05) is 23.2 Å². The van der Waals surface area contributed by atoms with Crippen LogP contribution in [0, 0.1) is 29.1 Å². The standard InChI is InChI=1S/C8Cl2F8/c9-7(10,8(16,17)18)1-2(11)4(13)6(15)5(14)3(1)12. The fourth-order valence-electron chi connectivity index (χ4n) is 1.02. The highest BCUT2D eigenvalue weighted by Crippen LogP contribution is 2.50. The van der Waals surface area contributed by atoms with Gasteiger partial charge in [0, 0.05) is 0 Å². The summed E-state index contributed by atoms with van der Waals surface area (Å²) >= 11 is 9.30. The molecule has 0 atom stereocenters. The maximum atomic E-state index is 13.0. The lowest BCUT2D eigenvalue weighted by Crippen LogP contribution is -2.34. The minimum atomic E-state index is -5.64. The SMILES string of the molecule is Fc1c(F)c(F)c(C(Cl)(Cl)C(F)(F)F)c(F)c1F. The zero-order chi connectivity index (χ0) is 14.5. The molecule has 0 bridgehead atoms. The minimum absolute atomic E-state index is 2.37. The van der Waals surface area contributed by atoms with Crippen LogP contribution in [0.2, 0.25) is 0 Å². The fourth-order valence-corrected chi connectivity index (χ4v) is 1.35. The highest BCUT2D eigenvalue weighted by atomic mass is 35.5. The smallest absolute Gasteiger partial charge is 0.203 e. The molecule has 1 rings (SSSR count). The second-order valence-corrected chi connectivity index (χ2v) is 4.34. The van der Waals surface area contributed by atoms with Gasteiger partial charge in [0.05, 0.1) is 5.56 Å². The van der Waals surface area contributed by atoms with Crippen LogP contribution in [0.15, 0.2) is 0 Å².